The molecule has 0 spiro atoms. The second-order valence-electron chi connectivity index (χ2n) is 6.51. The van der Waals surface area contributed by atoms with Gasteiger partial charge in [0.2, 0.25) is 0 Å². The Morgan fingerprint density at radius 1 is 1.31 bits per heavy atom. The normalized spacial score (nSPS) is 57.4. The fraction of sp³-hybridized carbons (Fsp3) is 0.846. The Morgan fingerprint density at radius 3 is 2.50 bits per heavy atom. The third-order valence-electron chi connectivity index (χ3n) is 5.97. The maximum Gasteiger partial charge on any atom is 0.309 e. The summed E-state index contributed by atoms with van der Waals surface area (Å²) < 4.78 is 4.90. The van der Waals surface area contributed by atoms with Crippen LogP contribution in [0.4, 0.5) is 0 Å². The highest BCUT2D eigenvalue weighted by Gasteiger charge is 2.86. The summed E-state index contributed by atoms with van der Waals surface area (Å²) in [6, 6.07) is 0. The minimum Gasteiger partial charge on any atom is -0.469 e. The van der Waals surface area contributed by atoms with Crippen LogP contribution in [0.3, 0.4) is 0 Å². The number of hydrogen-bond donors (Lipinski definition) is 0. The van der Waals surface area contributed by atoms with Crippen LogP contribution in [0.2, 0.25) is 0 Å². The van der Waals surface area contributed by atoms with Gasteiger partial charge in [0.1, 0.15) is 5.78 Å². The van der Waals surface area contributed by atoms with Crippen molar-refractivity contribution in [2.24, 2.45) is 28.1 Å². The zero-order valence-corrected chi connectivity index (χ0v) is 10.3. The van der Waals surface area contributed by atoms with Gasteiger partial charge in [-0.1, -0.05) is 20.8 Å². The summed E-state index contributed by atoms with van der Waals surface area (Å²) in [5, 5.41) is 0. The third-order valence-corrected chi connectivity index (χ3v) is 5.97. The molecular formula is C13H18O3. The molecule has 0 radical (unpaired) electrons. The summed E-state index contributed by atoms with van der Waals surface area (Å²) in [5.74, 6) is 0.230. The molecule has 0 aromatic rings. The number of fused-ring (bicyclic) bond motifs is 1. The van der Waals surface area contributed by atoms with Gasteiger partial charge in [-0.3, -0.25) is 9.59 Å². The molecule has 16 heavy (non-hydrogen) atoms. The zero-order valence-electron chi connectivity index (χ0n) is 10.3. The maximum atomic E-state index is 12.2. The molecule has 0 unspecified atom stereocenters. The zero-order chi connectivity index (χ0) is 11.9. The fourth-order valence-electron chi connectivity index (χ4n) is 4.93. The van der Waals surface area contributed by atoms with E-state index in [-0.39, 0.29) is 28.5 Å². The molecule has 4 aliphatic rings. The fourth-order valence-corrected chi connectivity index (χ4v) is 4.93. The highest BCUT2D eigenvalue weighted by Crippen LogP contribution is 2.86. The second-order valence-corrected chi connectivity index (χ2v) is 6.51. The Labute approximate surface area is 95.5 Å². The van der Waals surface area contributed by atoms with Crippen molar-refractivity contribution in [2.45, 2.75) is 33.6 Å². The molecule has 0 N–H and O–H groups in total. The van der Waals surface area contributed by atoms with Gasteiger partial charge in [0.05, 0.1) is 13.0 Å². The Balaban J connectivity index is 2.09. The van der Waals surface area contributed by atoms with Crippen LogP contribution in [0.15, 0.2) is 0 Å². The summed E-state index contributed by atoms with van der Waals surface area (Å²) in [5.41, 5.74) is -0.209. The van der Waals surface area contributed by atoms with E-state index in [1.807, 2.05) is 6.92 Å². The van der Waals surface area contributed by atoms with E-state index in [1.165, 1.54) is 7.11 Å². The number of carbonyl (C=O) groups excluding carboxylic acids is 2. The van der Waals surface area contributed by atoms with E-state index in [0.717, 1.165) is 6.42 Å². The Kier molecular flexibility index (Phi) is 1.52. The summed E-state index contributed by atoms with van der Waals surface area (Å²) in [7, 11) is 1.42. The lowest BCUT2D eigenvalue weighted by Crippen LogP contribution is -2.47. The van der Waals surface area contributed by atoms with Crippen molar-refractivity contribution < 1.29 is 14.3 Å². The van der Waals surface area contributed by atoms with Crippen LogP contribution in [0.25, 0.3) is 0 Å². The first-order valence-electron chi connectivity index (χ1n) is 5.92. The first kappa shape index (κ1) is 10.3. The highest BCUT2D eigenvalue weighted by atomic mass is 16.5. The number of ketones is 1. The molecule has 0 aromatic heterocycles. The highest BCUT2D eigenvalue weighted by molar-refractivity contribution is 5.95. The van der Waals surface area contributed by atoms with E-state index in [2.05, 4.69) is 13.8 Å². The minimum absolute atomic E-state index is 0.0563. The Bertz CT molecular complexity index is 415. The van der Waals surface area contributed by atoms with Crippen molar-refractivity contribution in [3.8, 4) is 0 Å². The molecule has 3 heteroatoms. The number of hydrogen-bond acceptors (Lipinski definition) is 3. The number of carbonyl (C=O) groups is 2. The number of esters is 1. The smallest absolute Gasteiger partial charge is 0.309 e. The van der Waals surface area contributed by atoms with Gasteiger partial charge in [-0.25, -0.2) is 0 Å². The number of methoxy groups -OCH3 is 1. The van der Waals surface area contributed by atoms with Gasteiger partial charge >= 0.3 is 5.97 Å². The van der Waals surface area contributed by atoms with Crippen LogP contribution in [-0.2, 0) is 14.3 Å². The quantitative estimate of drug-likeness (QED) is 0.635. The molecule has 4 rings (SSSR count). The summed E-state index contributed by atoms with van der Waals surface area (Å²) in [6.07, 6.45) is 1.51. The standard InChI is InChI=1S/C13H18O3/c1-11-6-13(3)9(8(11)10(15)16-4)12(13,2)5-7(11)14/h8-9H,5-6H2,1-4H3/t8-,9+,11+,12-,13+/m0/s1. The van der Waals surface area contributed by atoms with Crippen LogP contribution in [-0.4, -0.2) is 18.9 Å². The van der Waals surface area contributed by atoms with Crippen molar-refractivity contribution in [2.75, 3.05) is 7.11 Å². The molecule has 88 valence electrons. The Hall–Kier alpha value is -0.860. The maximum absolute atomic E-state index is 12.2. The van der Waals surface area contributed by atoms with Gasteiger partial charge in [0.15, 0.2) is 0 Å². The molecule has 4 fully saturated rings. The lowest BCUT2D eigenvalue weighted by atomic mass is 9.60. The number of rotatable bonds is 1. The summed E-state index contributed by atoms with van der Waals surface area (Å²) in [4.78, 5) is 24.1. The van der Waals surface area contributed by atoms with Crippen LogP contribution in [0.5, 0.6) is 0 Å². The third kappa shape index (κ3) is 0.740. The molecule has 3 nitrogen and oxygen atoms in total. The van der Waals surface area contributed by atoms with E-state index >= 15 is 0 Å². The van der Waals surface area contributed by atoms with Gasteiger partial charge in [0.25, 0.3) is 0 Å². The first-order chi connectivity index (χ1) is 7.31. The van der Waals surface area contributed by atoms with Crippen LogP contribution in [0.1, 0.15) is 33.6 Å². The average molecular weight is 222 g/mol. The molecule has 0 saturated heterocycles. The molecular weight excluding hydrogens is 204 g/mol. The van der Waals surface area contributed by atoms with Crippen molar-refractivity contribution >= 4 is 11.8 Å². The minimum atomic E-state index is -0.454. The molecule has 0 aromatic carbocycles. The van der Waals surface area contributed by atoms with Crippen LogP contribution in [0, 0.1) is 28.1 Å². The summed E-state index contributed by atoms with van der Waals surface area (Å²) >= 11 is 0. The van der Waals surface area contributed by atoms with Gasteiger partial charge in [-0.2, -0.15) is 0 Å². The Morgan fingerprint density at radius 2 is 1.94 bits per heavy atom. The van der Waals surface area contributed by atoms with Gasteiger partial charge < -0.3 is 4.74 Å². The van der Waals surface area contributed by atoms with E-state index in [1.54, 1.807) is 0 Å². The number of Topliss-reactive ketones (excluding diaryl/α,β-unsaturated/α-hetero) is 1. The van der Waals surface area contributed by atoms with E-state index in [9.17, 15) is 9.59 Å². The van der Waals surface area contributed by atoms with Crippen molar-refractivity contribution in [1.29, 1.82) is 0 Å². The molecule has 4 bridgehead atoms. The van der Waals surface area contributed by atoms with Crippen LogP contribution < -0.4 is 0 Å². The molecule has 0 amide bonds. The topological polar surface area (TPSA) is 43.4 Å². The van der Waals surface area contributed by atoms with E-state index in [0.29, 0.717) is 12.3 Å². The average Bonchev–Trinajstić information content (AvgIpc) is 2.52. The monoisotopic (exact) mass is 222 g/mol. The van der Waals surface area contributed by atoms with E-state index in [4.69, 9.17) is 4.74 Å². The molecule has 5 atom stereocenters. The largest absolute Gasteiger partial charge is 0.469 e. The predicted octanol–water partition coefficient (Wildman–Crippen LogP) is 1.80. The lowest BCUT2D eigenvalue weighted by molar-refractivity contribution is -0.159. The van der Waals surface area contributed by atoms with Gasteiger partial charge in [0, 0.05) is 11.8 Å². The van der Waals surface area contributed by atoms with E-state index < -0.39 is 5.41 Å². The SMILES string of the molecule is COC(=O)[C@@H]1[C@@H]2[C@]3(C)CC(=O)[C@@]1(C)C[C@]23C. The second kappa shape index (κ2) is 2.36. The van der Waals surface area contributed by atoms with Crippen molar-refractivity contribution in [3.63, 3.8) is 0 Å². The molecule has 0 aliphatic heterocycles. The lowest BCUT2D eigenvalue weighted by Gasteiger charge is -2.42. The van der Waals surface area contributed by atoms with Gasteiger partial charge in [-0.05, 0) is 23.2 Å². The molecule has 0 heterocycles. The van der Waals surface area contributed by atoms with Crippen molar-refractivity contribution in [1.82, 2.24) is 0 Å². The molecule has 4 saturated carbocycles. The predicted molar refractivity (Wildman–Crippen MR) is 57.6 cm³/mol. The first-order valence-corrected chi connectivity index (χ1v) is 5.92. The van der Waals surface area contributed by atoms with Crippen molar-refractivity contribution in [3.05, 3.63) is 0 Å². The molecule has 4 aliphatic carbocycles. The van der Waals surface area contributed by atoms with Crippen LogP contribution >= 0.6 is 0 Å². The number of ether oxygens (including phenoxy) is 1. The van der Waals surface area contributed by atoms with Gasteiger partial charge in [-0.15, -0.1) is 0 Å². The summed E-state index contributed by atoms with van der Waals surface area (Å²) in [6.45, 7) is 6.34.